The minimum absolute atomic E-state index is 0.0270. The first-order valence-corrected chi connectivity index (χ1v) is 11.2. The van der Waals surface area contributed by atoms with Crippen molar-refractivity contribution >= 4 is 31.9 Å². The van der Waals surface area contributed by atoms with Crippen molar-refractivity contribution in [3.05, 3.63) is 70.5 Å². The molecule has 0 aliphatic carbocycles. The highest BCUT2D eigenvalue weighted by Gasteiger charge is 2.30. The summed E-state index contributed by atoms with van der Waals surface area (Å²) in [5, 5.41) is 6.59. The summed E-state index contributed by atoms with van der Waals surface area (Å²) in [6.07, 6.45) is 1.05. The second kappa shape index (κ2) is 8.85. The standard InChI is InChI=1S/C19H19BrN4O4S/c1-24(29(2,26)27)17(13-7-4-3-5-8-13)19(25)21-12-16-22-18(23-28-16)14-9-6-10-15(20)11-14/h3-11,17H,12H2,1-2H3,(H,21,25)/t17-/m1/s1. The Labute approximate surface area is 177 Å². The Bertz CT molecular complexity index is 1100. The average Bonchev–Trinajstić information content (AvgIpc) is 3.16. The first kappa shape index (κ1) is 21.2. The molecule has 0 aliphatic rings. The highest BCUT2D eigenvalue weighted by Crippen LogP contribution is 2.23. The van der Waals surface area contributed by atoms with Gasteiger partial charge in [-0.05, 0) is 17.7 Å². The Morgan fingerprint density at radius 2 is 1.93 bits per heavy atom. The number of nitrogens with one attached hydrogen (secondary N) is 1. The number of amides is 1. The molecule has 0 radical (unpaired) electrons. The largest absolute Gasteiger partial charge is 0.345 e. The third kappa shape index (κ3) is 5.28. The molecule has 0 aliphatic heterocycles. The van der Waals surface area contributed by atoms with Crippen molar-refractivity contribution in [2.24, 2.45) is 0 Å². The van der Waals surface area contributed by atoms with Crippen LogP contribution in [0.2, 0.25) is 0 Å². The number of aromatic nitrogens is 2. The number of carbonyl (C=O) groups is 1. The maximum Gasteiger partial charge on any atom is 0.246 e. The summed E-state index contributed by atoms with van der Waals surface area (Å²) in [4.78, 5) is 17.1. The van der Waals surface area contributed by atoms with E-state index in [0.717, 1.165) is 20.6 Å². The first-order valence-electron chi connectivity index (χ1n) is 8.60. The van der Waals surface area contributed by atoms with Crippen LogP contribution >= 0.6 is 15.9 Å². The summed E-state index contributed by atoms with van der Waals surface area (Å²) in [6, 6.07) is 15.1. The van der Waals surface area contributed by atoms with Gasteiger partial charge in [0.2, 0.25) is 27.6 Å². The Morgan fingerprint density at radius 1 is 1.21 bits per heavy atom. The lowest BCUT2D eigenvalue weighted by Gasteiger charge is -2.25. The van der Waals surface area contributed by atoms with E-state index in [1.165, 1.54) is 7.05 Å². The molecule has 1 amide bonds. The van der Waals surface area contributed by atoms with E-state index < -0.39 is 22.0 Å². The fourth-order valence-electron chi connectivity index (χ4n) is 2.68. The van der Waals surface area contributed by atoms with Crippen molar-refractivity contribution < 1.29 is 17.7 Å². The summed E-state index contributed by atoms with van der Waals surface area (Å²) in [5.74, 6) is 0.108. The molecule has 0 unspecified atom stereocenters. The number of benzene rings is 2. The Morgan fingerprint density at radius 3 is 2.59 bits per heavy atom. The van der Waals surface area contributed by atoms with Crippen LogP contribution in [-0.2, 0) is 21.4 Å². The van der Waals surface area contributed by atoms with Crippen molar-refractivity contribution in [3.8, 4) is 11.4 Å². The van der Waals surface area contributed by atoms with Crippen LogP contribution < -0.4 is 5.32 Å². The zero-order chi connectivity index (χ0) is 21.0. The highest BCUT2D eigenvalue weighted by molar-refractivity contribution is 9.10. The lowest BCUT2D eigenvalue weighted by atomic mass is 10.1. The molecule has 152 valence electrons. The number of rotatable bonds is 7. The van der Waals surface area contributed by atoms with Gasteiger partial charge < -0.3 is 9.84 Å². The molecule has 1 N–H and O–H groups in total. The predicted octanol–water partition coefficient (Wildman–Crippen LogP) is 2.75. The molecule has 3 aromatic rings. The second-order valence-corrected chi connectivity index (χ2v) is 9.29. The summed E-state index contributed by atoms with van der Waals surface area (Å²) in [5.41, 5.74) is 1.32. The molecule has 0 fully saturated rings. The van der Waals surface area contributed by atoms with E-state index in [-0.39, 0.29) is 12.4 Å². The fourth-order valence-corrected chi connectivity index (χ4v) is 3.68. The predicted molar refractivity (Wildman–Crippen MR) is 111 cm³/mol. The van der Waals surface area contributed by atoms with Gasteiger partial charge in [0.1, 0.15) is 6.04 Å². The molecule has 1 aromatic heterocycles. The maximum absolute atomic E-state index is 12.8. The van der Waals surface area contributed by atoms with Gasteiger partial charge in [-0.3, -0.25) is 4.79 Å². The van der Waals surface area contributed by atoms with Crippen molar-refractivity contribution in [1.29, 1.82) is 0 Å². The monoisotopic (exact) mass is 478 g/mol. The lowest BCUT2D eigenvalue weighted by Crippen LogP contribution is -2.41. The van der Waals surface area contributed by atoms with Crippen LogP contribution in [0.3, 0.4) is 0 Å². The molecule has 1 heterocycles. The number of halogens is 1. The molecule has 2 aromatic carbocycles. The smallest absolute Gasteiger partial charge is 0.246 e. The van der Waals surface area contributed by atoms with Crippen LogP contribution in [-0.4, -0.2) is 42.1 Å². The minimum atomic E-state index is -3.60. The zero-order valence-electron chi connectivity index (χ0n) is 15.7. The Balaban J connectivity index is 1.75. The van der Waals surface area contributed by atoms with Crippen LogP contribution in [0.4, 0.5) is 0 Å². The van der Waals surface area contributed by atoms with E-state index in [1.807, 2.05) is 24.3 Å². The van der Waals surface area contributed by atoms with Crippen molar-refractivity contribution in [2.45, 2.75) is 12.6 Å². The number of hydrogen-bond acceptors (Lipinski definition) is 6. The van der Waals surface area contributed by atoms with Gasteiger partial charge in [0.15, 0.2) is 0 Å². The maximum atomic E-state index is 12.8. The molecular weight excluding hydrogens is 460 g/mol. The quantitative estimate of drug-likeness (QED) is 0.559. The molecule has 0 saturated heterocycles. The molecule has 3 rings (SSSR count). The summed E-state index contributed by atoms with van der Waals surface area (Å²) in [7, 11) is -2.23. The van der Waals surface area contributed by atoms with Crippen molar-refractivity contribution in [3.63, 3.8) is 0 Å². The minimum Gasteiger partial charge on any atom is -0.345 e. The van der Waals surface area contributed by atoms with E-state index in [9.17, 15) is 13.2 Å². The number of nitrogens with zero attached hydrogens (tertiary/aromatic N) is 3. The molecule has 10 heteroatoms. The van der Waals surface area contributed by atoms with Crippen molar-refractivity contribution in [2.75, 3.05) is 13.3 Å². The van der Waals surface area contributed by atoms with Crippen LogP contribution in [0.15, 0.2) is 63.6 Å². The highest BCUT2D eigenvalue weighted by atomic mass is 79.9. The van der Waals surface area contributed by atoms with Crippen LogP contribution in [0.1, 0.15) is 17.5 Å². The molecule has 0 bridgehead atoms. The normalized spacial score (nSPS) is 12.7. The van der Waals surface area contributed by atoms with Gasteiger partial charge >= 0.3 is 0 Å². The van der Waals surface area contributed by atoms with Gasteiger partial charge in [0, 0.05) is 17.1 Å². The van der Waals surface area contributed by atoms with E-state index in [1.54, 1.807) is 30.3 Å². The molecular formula is C19H19BrN4O4S. The van der Waals surface area contributed by atoms with Gasteiger partial charge in [-0.15, -0.1) is 0 Å². The SMILES string of the molecule is CN([C@@H](C(=O)NCc1nc(-c2cccc(Br)c2)no1)c1ccccc1)S(C)(=O)=O. The third-order valence-electron chi connectivity index (χ3n) is 4.22. The third-order valence-corrected chi connectivity index (χ3v) is 5.97. The van der Waals surface area contributed by atoms with E-state index in [0.29, 0.717) is 11.4 Å². The topological polar surface area (TPSA) is 105 Å². The van der Waals surface area contributed by atoms with Crippen LogP contribution in [0.5, 0.6) is 0 Å². The molecule has 0 spiro atoms. The van der Waals surface area contributed by atoms with E-state index >= 15 is 0 Å². The first-order chi connectivity index (χ1) is 13.8. The van der Waals surface area contributed by atoms with Crippen LogP contribution in [0, 0.1) is 0 Å². The Hall–Kier alpha value is -2.56. The Kier molecular flexibility index (Phi) is 6.46. The van der Waals surface area contributed by atoms with Crippen molar-refractivity contribution in [1.82, 2.24) is 19.8 Å². The van der Waals surface area contributed by atoms with Gasteiger partial charge in [0.05, 0.1) is 12.8 Å². The number of likely N-dealkylation sites (N-methyl/N-ethyl adjacent to an activating group) is 1. The second-order valence-electron chi connectivity index (χ2n) is 6.33. The van der Waals surface area contributed by atoms with Gasteiger partial charge in [-0.25, -0.2) is 8.42 Å². The zero-order valence-corrected chi connectivity index (χ0v) is 18.1. The summed E-state index contributed by atoms with van der Waals surface area (Å²) in [6.45, 7) is -0.0270. The van der Waals surface area contributed by atoms with Gasteiger partial charge in [-0.2, -0.15) is 9.29 Å². The van der Waals surface area contributed by atoms with Gasteiger partial charge in [-0.1, -0.05) is 63.6 Å². The number of carbonyl (C=O) groups excluding carboxylic acids is 1. The number of hydrogen-bond donors (Lipinski definition) is 1. The number of sulfonamides is 1. The molecule has 1 atom stereocenters. The summed E-state index contributed by atoms with van der Waals surface area (Å²) >= 11 is 3.39. The van der Waals surface area contributed by atoms with E-state index in [4.69, 9.17) is 4.52 Å². The fraction of sp³-hybridized carbons (Fsp3) is 0.211. The van der Waals surface area contributed by atoms with E-state index in [2.05, 4.69) is 31.4 Å². The summed E-state index contributed by atoms with van der Waals surface area (Å²) < 4.78 is 31.1. The molecule has 0 saturated carbocycles. The van der Waals surface area contributed by atoms with Gasteiger partial charge in [0.25, 0.3) is 0 Å². The van der Waals surface area contributed by atoms with Crippen LogP contribution in [0.25, 0.3) is 11.4 Å². The molecule has 29 heavy (non-hydrogen) atoms. The average molecular weight is 479 g/mol. The molecule has 8 nitrogen and oxygen atoms in total. The lowest BCUT2D eigenvalue weighted by molar-refractivity contribution is -0.125.